The molecule has 1 unspecified atom stereocenters. The second kappa shape index (κ2) is 22.6. The molecule has 0 saturated heterocycles. The van der Waals surface area contributed by atoms with E-state index in [0.717, 1.165) is 33.5 Å². The Morgan fingerprint density at radius 2 is 1.03 bits per heavy atom. The topological polar surface area (TPSA) is 128 Å². The largest absolute Gasteiger partial charge is 0.459 e. The maximum atomic E-state index is 15.7. The van der Waals surface area contributed by atoms with Gasteiger partial charge in [0.05, 0.1) is 37.6 Å². The van der Waals surface area contributed by atoms with E-state index >= 15 is 4.39 Å². The minimum Gasteiger partial charge on any atom is -0.392 e. The Hall–Kier alpha value is -5.74. The summed E-state index contributed by atoms with van der Waals surface area (Å²) < 4.78 is 84.9. The molecule has 0 aromatic heterocycles. The first-order valence-electron chi connectivity index (χ1n) is 23.0. The summed E-state index contributed by atoms with van der Waals surface area (Å²) in [5, 5.41) is 59.4. The minimum absolute atomic E-state index is 0.0701. The number of halogens is 6. The van der Waals surface area contributed by atoms with Gasteiger partial charge in [-0.05, 0) is 136 Å². The number of aliphatic hydroxyl groups is 6. The molecule has 0 fully saturated rings. The highest BCUT2D eigenvalue weighted by atomic mass is 19.4. The fourth-order valence-corrected chi connectivity index (χ4v) is 8.83. The van der Waals surface area contributed by atoms with Gasteiger partial charge in [0.1, 0.15) is 0 Å². The van der Waals surface area contributed by atoms with E-state index in [2.05, 4.69) is 62.2 Å². The van der Waals surface area contributed by atoms with Crippen LogP contribution in [0.2, 0.25) is 0 Å². The number of aryl methyl sites for hydroxylation is 3. The van der Waals surface area contributed by atoms with Crippen LogP contribution in [0.25, 0.3) is 22.3 Å². The van der Waals surface area contributed by atoms with Crippen LogP contribution in [0.3, 0.4) is 0 Å². The summed E-state index contributed by atoms with van der Waals surface area (Å²) in [6.07, 6.45) is -4.99. The molecular formula is C56H64F6N2O6. The molecule has 14 heteroatoms. The van der Waals surface area contributed by atoms with Crippen molar-refractivity contribution in [3.05, 3.63) is 176 Å². The van der Waals surface area contributed by atoms with Crippen LogP contribution in [-0.2, 0) is 51.0 Å². The molecule has 6 N–H and O–H groups in total. The summed E-state index contributed by atoms with van der Waals surface area (Å²) in [6, 6.07) is 32.0. The summed E-state index contributed by atoms with van der Waals surface area (Å²) >= 11 is 0. The lowest BCUT2D eigenvalue weighted by molar-refractivity contribution is -0.379. The van der Waals surface area contributed by atoms with Gasteiger partial charge in [-0.2, -0.15) is 26.3 Å². The number of nitrogens with zero attached hydrogens (tertiary/aromatic N) is 2. The van der Waals surface area contributed by atoms with Crippen LogP contribution in [-0.4, -0.2) is 56.8 Å². The number of rotatable bonds is 17. The van der Waals surface area contributed by atoms with E-state index in [1.807, 2.05) is 32.0 Å². The van der Waals surface area contributed by atoms with Gasteiger partial charge in [0.25, 0.3) is 0 Å². The molecule has 376 valence electrons. The van der Waals surface area contributed by atoms with Crippen LogP contribution < -0.4 is 9.80 Å². The van der Waals surface area contributed by atoms with Crippen LogP contribution in [0.5, 0.6) is 0 Å². The van der Waals surface area contributed by atoms with Gasteiger partial charge >= 0.3 is 18.0 Å². The van der Waals surface area contributed by atoms with Gasteiger partial charge in [0.15, 0.2) is 0 Å². The maximum Gasteiger partial charge on any atom is 0.459 e. The van der Waals surface area contributed by atoms with Crippen molar-refractivity contribution in [1.29, 1.82) is 0 Å². The van der Waals surface area contributed by atoms with E-state index < -0.39 is 35.7 Å². The molecule has 0 radical (unpaired) electrons. The summed E-state index contributed by atoms with van der Waals surface area (Å²) in [7, 11) is 3.44. The molecule has 6 aromatic rings. The van der Waals surface area contributed by atoms with Crippen molar-refractivity contribution in [2.24, 2.45) is 0 Å². The molecule has 0 bridgehead atoms. The predicted octanol–water partition coefficient (Wildman–Crippen LogP) is 11.5. The smallest absolute Gasteiger partial charge is 0.392 e. The first-order chi connectivity index (χ1) is 32.9. The van der Waals surface area contributed by atoms with Crippen LogP contribution in [0.4, 0.5) is 37.7 Å². The average Bonchev–Trinajstić information content (AvgIpc) is 3.34. The quantitative estimate of drug-likeness (QED) is 0.0499. The standard InChI is InChI=1S/C29H37NO3.C27H27F6NO3/c1-6-29(33,7-2)25-11-13-27(21(4)14-25)28-16-26(12-8-20(28)3)30(5)17-22-9-10-23(18-31)24(15-22)19-32;1-16-11-22(19-7-5-4-6-8-19)23(25(28,37)26(29,30)27(31,32)33)24(17(16)2)34(3)13-18-9-10-20(14-35)21(12-18)15-36/h8-16,31-33H,6-7,17-19H2,1-5H3;4-12,35-37H,13-15H2,1-3H3. The van der Waals surface area contributed by atoms with Crippen LogP contribution in [0.15, 0.2) is 109 Å². The van der Waals surface area contributed by atoms with E-state index in [4.69, 9.17) is 0 Å². The Morgan fingerprint density at radius 3 is 1.51 bits per heavy atom. The van der Waals surface area contributed by atoms with E-state index in [-0.39, 0.29) is 48.7 Å². The van der Waals surface area contributed by atoms with Gasteiger partial charge < -0.3 is 40.4 Å². The molecule has 1 atom stereocenters. The lowest BCUT2D eigenvalue weighted by atomic mass is 9.85. The fourth-order valence-electron chi connectivity index (χ4n) is 8.83. The van der Waals surface area contributed by atoms with Crippen molar-refractivity contribution < 1.29 is 57.0 Å². The molecule has 0 saturated carbocycles. The average molecular weight is 975 g/mol. The molecule has 6 rings (SSSR count). The highest BCUT2D eigenvalue weighted by Crippen LogP contribution is 2.54. The lowest BCUT2D eigenvalue weighted by Crippen LogP contribution is -2.53. The van der Waals surface area contributed by atoms with Crippen molar-refractivity contribution in [2.75, 3.05) is 23.9 Å². The Bertz CT molecular complexity index is 2740. The molecule has 0 aliphatic rings. The third-order valence-electron chi connectivity index (χ3n) is 13.3. The Kier molecular flexibility index (Phi) is 17.8. The summed E-state index contributed by atoms with van der Waals surface area (Å²) in [6.45, 7) is 11.0. The number of benzene rings is 6. The molecular weight excluding hydrogens is 911 g/mol. The highest BCUT2D eigenvalue weighted by molar-refractivity contribution is 5.80. The number of anilines is 2. The Balaban J connectivity index is 0.000000262. The second-order valence-electron chi connectivity index (χ2n) is 18.0. The zero-order valence-corrected chi connectivity index (χ0v) is 40.9. The van der Waals surface area contributed by atoms with Gasteiger partial charge in [-0.3, -0.25) is 0 Å². The van der Waals surface area contributed by atoms with Gasteiger partial charge in [-0.25, -0.2) is 0 Å². The molecule has 0 heterocycles. The number of hydrogen-bond donors (Lipinski definition) is 6. The lowest BCUT2D eigenvalue weighted by Gasteiger charge is -2.36. The molecule has 6 aromatic carbocycles. The third kappa shape index (κ3) is 11.5. The Morgan fingerprint density at radius 1 is 0.500 bits per heavy atom. The summed E-state index contributed by atoms with van der Waals surface area (Å²) in [5.41, 5.74) is 8.95. The van der Waals surface area contributed by atoms with E-state index in [1.165, 1.54) is 78.0 Å². The second-order valence-corrected chi connectivity index (χ2v) is 18.0. The SMILES string of the molecule is CCC(O)(CC)c1ccc(-c2cc(N(C)Cc3ccc(CO)c(CO)c3)ccc2C)c(C)c1.Cc1cc(-c2ccccc2)c(C(O)(F)C(F)(F)C(F)(F)F)c(N(C)Cc2ccc(CO)c(CO)c2)c1C. The zero-order valence-electron chi connectivity index (χ0n) is 40.9. The van der Waals surface area contributed by atoms with Crippen molar-refractivity contribution >= 4 is 11.4 Å². The summed E-state index contributed by atoms with van der Waals surface area (Å²) in [5.74, 6) is -11.2. The molecule has 0 spiro atoms. The minimum atomic E-state index is -6.38. The first kappa shape index (κ1) is 55.2. The van der Waals surface area contributed by atoms with Gasteiger partial charge in [-0.15, -0.1) is 0 Å². The van der Waals surface area contributed by atoms with E-state index in [9.17, 15) is 52.6 Å². The Labute approximate surface area is 406 Å². The van der Waals surface area contributed by atoms with Crippen molar-refractivity contribution in [2.45, 2.75) is 117 Å². The molecule has 8 nitrogen and oxygen atoms in total. The number of aliphatic hydroxyl groups excluding tert-OH is 4. The molecule has 0 aliphatic heterocycles. The zero-order chi connectivity index (χ0) is 51.9. The van der Waals surface area contributed by atoms with Crippen molar-refractivity contribution in [1.82, 2.24) is 0 Å². The monoisotopic (exact) mass is 974 g/mol. The van der Waals surface area contributed by atoms with E-state index in [0.29, 0.717) is 41.6 Å². The predicted molar refractivity (Wildman–Crippen MR) is 264 cm³/mol. The van der Waals surface area contributed by atoms with Crippen LogP contribution in [0, 0.1) is 27.7 Å². The summed E-state index contributed by atoms with van der Waals surface area (Å²) in [4.78, 5) is 3.46. The number of alkyl halides is 6. The van der Waals surface area contributed by atoms with Crippen molar-refractivity contribution in [3.63, 3.8) is 0 Å². The fraction of sp³-hybridized carbons (Fsp3) is 0.357. The number of hydrogen-bond acceptors (Lipinski definition) is 8. The normalized spacial score (nSPS) is 12.9. The van der Waals surface area contributed by atoms with Gasteiger partial charge in [0.2, 0.25) is 0 Å². The van der Waals surface area contributed by atoms with Gasteiger partial charge in [-0.1, -0.05) is 111 Å². The van der Waals surface area contributed by atoms with Crippen LogP contribution >= 0.6 is 0 Å². The van der Waals surface area contributed by atoms with E-state index in [1.54, 1.807) is 19.1 Å². The van der Waals surface area contributed by atoms with Crippen LogP contribution in [0.1, 0.15) is 93.5 Å². The van der Waals surface area contributed by atoms with Gasteiger partial charge in [0, 0.05) is 38.6 Å². The van der Waals surface area contributed by atoms with Crippen molar-refractivity contribution in [3.8, 4) is 22.3 Å². The highest BCUT2D eigenvalue weighted by Gasteiger charge is 2.73. The first-order valence-corrected chi connectivity index (χ1v) is 23.0. The molecule has 0 aliphatic carbocycles. The molecule has 0 amide bonds. The molecule has 70 heavy (non-hydrogen) atoms. The third-order valence-corrected chi connectivity index (χ3v) is 13.3. The maximum absolute atomic E-state index is 15.7.